The van der Waals surface area contributed by atoms with E-state index < -0.39 is 5.97 Å². The first-order valence-electron chi connectivity index (χ1n) is 6.59. The molecule has 0 aliphatic carbocycles. The summed E-state index contributed by atoms with van der Waals surface area (Å²) in [6.45, 7) is 1.84. The molecule has 7 nitrogen and oxygen atoms in total. The Hall–Kier alpha value is -2.41. The van der Waals surface area contributed by atoms with Crippen LogP contribution in [0.2, 0.25) is 0 Å². The second kappa shape index (κ2) is 8.01. The zero-order chi connectivity index (χ0) is 15.8. The van der Waals surface area contributed by atoms with E-state index in [0.717, 1.165) is 6.42 Å². The fourth-order valence-electron chi connectivity index (χ4n) is 1.75. The largest absolute Gasteiger partial charge is 0.478 e. The van der Waals surface area contributed by atoms with Gasteiger partial charge in [-0.2, -0.15) is 0 Å². The molecule has 0 aromatic heterocycles. The number of carboxylic acids is 1. The summed E-state index contributed by atoms with van der Waals surface area (Å²) in [6, 6.07) is 4.29. The number of aromatic carboxylic acids is 1. The molecule has 21 heavy (non-hydrogen) atoms. The van der Waals surface area contributed by atoms with Crippen molar-refractivity contribution in [3.05, 3.63) is 23.8 Å². The van der Waals surface area contributed by atoms with Crippen LogP contribution >= 0.6 is 0 Å². The normalized spacial score (nSPS) is 10.0. The third-order valence-electron chi connectivity index (χ3n) is 2.70. The lowest BCUT2D eigenvalue weighted by atomic mass is 10.1. The Morgan fingerprint density at radius 2 is 1.90 bits per heavy atom. The molecule has 1 aromatic rings. The van der Waals surface area contributed by atoms with Gasteiger partial charge in [-0.25, -0.2) is 4.79 Å². The van der Waals surface area contributed by atoms with Crippen LogP contribution in [0.1, 0.15) is 36.5 Å². The van der Waals surface area contributed by atoms with Crippen LogP contribution in [0.3, 0.4) is 0 Å². The van der Waals surface area contributed by atoms with Crippen molar-refractivity contribution in [3.8, 4) is 0 Å². The summed E-state index contributed by atoms with van der Waals surface area (Å²) >= 11 is 0. The van der Waals surface area contributed by atoms with E-state index in [0.29, 0.717) is 18.7 Å². The molecular weight excluding hydrogens is 274 g/mol. The minimum Gasteiger partial charge on any atom is -0.478 e. The molecule has 0 aliphatic rings. The molecule has 0 unspecified atom stereocenters. The SMILES string of the molecule is CC(=O)Nc1ccc(NC(=O)CCCCN)c(C(=O)O)c1. The molecule has 1 rings (SSSR count). The highest BCUT2D eigenvalue weighted by molar-refractivity contribution is 6.02. The van der Waals surface area contributed by atoms with Crippen LogP contribution in [0.5, 0.6) is 0 Å². The summed E-state index contributed by atoms with van der Waals surface area (Å²) in [5, 5.41) is 14.2. The molecule has 0 radical (unpaired) electrons. The van der Waals surface area contributed by atoms with Crippen LogP contribution in [0.25, 0.3) is 0 Å². The third kappa shape index (κ3) is 5.62. The highest BCUT2D eigenvalue weighted by Crippen LogP contribution is 2.21. The first-order chi connectivity index (χ1) is 9.93. The monoisotopic (exact) mass is 293 g/mol. The molecule has 1 aromatic carbocycles. The minimum absolute atomic E-state index is 0.0755. The van der Waals surface area contributed by atoms with Crippen LogP contribution in [0.15, 0.2) is 18.2 Å². The maximum absolute atomic E-state index is 11.7. The number of hydrogen-bond donors (Lipinski definition) is 4. The Labute approximate surface area is 122 Å². The highest BCUT2D eigenvalue weighted by atomic mass is 16.4. The number of anilines is 2. The first kappa shape index (κ1) is 16.6. The molecule has 5 N–H and O–H groups in total. The van der Waals surface area contributed by atoms with Gasteiger partial charge in [0.2, 0.25) is 11.8 Å². The highest BCUT2D eigenvalue weighted by Gasteiger charge is 2.13. The average Bonchev–Trinajstić information content (AvgIpc) is 2.40. The van der Waals surface area contributed by atoms with Crippen molar-refractivity contribution < 1.29 is 19.5 Å². The number of amides is 2. The molecule has 0 aliphatic heterocycles. The number of carbonyl (C=O) groups is 3. The molecule has 0 fully saturated rings. The lowest BCUT2D eigenvalue weighted by molar-refractivity contribution is -0.116. The second-order valence-corrected chi connectivity index (χ2v) is 4.54. The number of nitrogens with two attached hydrogens (primary N) is 1. The van der Waals surface area contributed by atoms with Gasteiger partial charge in [0.05, 0.1) is 11.3 Å². The fourth-order valence-corrected chi connectivity index (χ4v) is 1.75. The molecule has 7 heteroatoms. The summed E-state index contributed by atoms with van der Waals surface area (Å²) in [4.78, 5) is 33.9. The summed E-state index contributed by atoms with van der Waals surface area (Å²) in [7, 11) is 0. The molecule has 2 amide bonds. The molecule has 0 bridgehead atoms. The topological polar surface area (TPSA) is 122 Å². The molecule has 0 heterocycles. The molecule has 114 valence electrons. The number of carboxylic acid groups (broad SMARTS) is 1. The number of rotatable bonds is 7. The number of benzene rings is 1. The average molecular weight is 293 g/mol. The Bertz CT molecular complexity index is 543. The zero-order valence-corrected chi connectivity index (χ0v) is 11.8. The van der Waals surface area contributed by atoms with Crippen molar-refractivity contribution in [2.75, 3.05) is 17.2 Å². The predicted molar refractivity (Wildman–Crippen MR) is 79.2 cm³/mol. The van der Waals surface area contributed by atoms with Gasteiger partial charge < -0.3 is 21.5 Å². The smallest absolute Gasteiger partial charge is 0.337 e. The van der Waals surface area contributed by atoms with Crippen LogP contribution in [0.4, 0.5) is 11.4 Å². The van der Waals surface area contributed by atoms with Gasteiger partial charge in [-0.05, 0) is 37.6 Å². The summed E-state index contributed by atoms with van der Waals surface area (Å²) in [5.74, 6) is -1.75. The van der Waals surface area contributed by atoms with Crippen molar-refractivity contribution in [2.45, 2.75) is 26.2 Å². The zero-order valence-electron chi connectivity index (χ0n) is 11.8. The Morgan fingerprint density at radius 1 is 1.19 bits per heavy atom. The van der Waals surface area contributed by atoms with Crippen molar-refractivity contribution >= 4 is 29.2 Å². The Kier molecular flexibility index (Phi) is 6.35. The second-order valence-electron chi connectivity index (χ2n) is 4.54. The van der Waals surface area contributed by atoms with Crippen molar-refractivity contribution in [1.29, 1.82) is 0 Å². The van der Waals surface area contributed by atoms with E-state index in [4.69, 9.17) is 5.73 Å². The maximum Gasteiger partial charge on any atom is 0.337 e. The molecule has 0 spiro atoms. The van der Waals surface area contributed by atoms with Crippen LogP contribution in [-0.2, 0) is 9.59 Å². The third-order valence-corrected chi connectivity index (χ3v) is 2.70. The van der Waals surface area contributed by atoms with Gasteiger partial charge in [0.15, 0.2) is 0 Å². The Morgan fingerprint density at radius 3 is 2.48 bits per heavy atom. The van der Waals surface area contributed by atoms with E-state index in [1.165, 1.54) is 25.1 Å². The van der Waals surface area contributed by atoms with Gasteiger partial charge in [-0.1, -0.05) is 0 Å². The van der Waals surface area contributed by atoms with E-state index in [2.05, 4.69) is 10.6 Å². The quantitative estimate of drug-likeness (QED) is 0.566. The van der Waals surface area contributed by atoms with Crippen molar-refractivity contribution in [1.82, 2.24) is 0 Å². The number of hydrogen-bond acceptors (Lipinski definition) is 4. The van der Waals surface area contributed by atoms with E-state index in [-0.39, 0.29) is 29.5 Å². The molecular formula is C14H19N3O4. The van der Waals surface area contributed by atoms with E-state index >= 15 is 0 Å². The number of nitrogens with one attached hydrogen (secondary N) is 2. The van der Waals surface area contributed by atoms with Crippen LogP contribution < -0.4 is 16.4 Å². The summed E-state index contributed by atoms with van der Waals surface area (Å²) < 4.78 is 0. The van der Waals surface area contributed by atoms with Crippen molar-refractivity contribution in [2.24, 2.45) is 5.73 Å². The van der Waals surface area contributed by atoms with Gasteiger partial charge in [0, 0.05) is 19.0 Å². The molecule has 0 atom stereocenters. The van der Waals surface area contributed by atoms with E-state index in [1.807, 2.05) is 0 Å². The predicted octanol–water partition coefficient (Wildman–Crippen LogP) is 1.41. The van der Waals surface area contributed by atoms with Gasteiger partial charge in [0.1, 0.15) is 0 Å². The summed E-state index contributed by atoms with van der Waals surface area (Å²) in [6.07, 6.45) is 1.67. The maximum atomic E-state index is 11.7. The van der Waals surface area contributed by atoms with Gasteiger partial charge in [0.25, 0.3) is 0 Å². The molecule has 0 saturated carbocycles. The van der Waals surface area contributed by atoms with Gasteiger partial charge >= 0.3 is 5.97 Å². The van der Waals surface area contributed by atoms with Gasteiger partial charge in [-0.15, -0.1) is 0 Å². The minimum atomic E-state index is -1.18. The fraction of sp³-hybridized carbons (Fsp3) is 0.357. The first-order valence-corrected chi connectivity index (χ1v) is 6.59. The Balaban J connectivity index is 2.83. The van der Waals surface area contributed by atoms with E-state index in [1.54, 1.807) is 0 Å². The summed E-state index contributed by atoms with van der Waals surface area (Å²) in [5.41, 5.74) is 5.83. The van der Waals surface area contributed by atoms with Crippen LogP contribution in [0, 0.1) is 0 Å². The number of carbonyl (C=O) groups excluding carboxylic acids is 2. The lowest BCUT2D eigenvalue weighted by Gasteiger charge is -2.10. The lowest BCUT2D eigenvalue weighted by Crippen LogP contribution is -2.15. The van der Waals surface area contributed by atoms with E-state index in [9.17, 15) is 19.5 Å². The van der Waals surface area contributed by atoms with Crippen molar-refractivity contribution in [3.63, 3.8) is 0 Å². The van der Waals surface area contributed by atoms with Gasteiger partial charge in [-0.3, -0.25) is 9.59 Å². The number of unbranched alkanes of at least 4 members (excludes halogenated alkanes) is 1. The molecule has 0 saturated heterocycles. The van der Waals surface area contributed by atoms with Crippen LogP contribution in [-0.4, -0.2) is 29.4 Å². The standard InChI is InChI=1S/C14H19N3O4/c1-9(18)16-10-5-6-12(11(8-10)14(20)21)17-13(19)4-2-3-7-15/h5-6,8H,2-4,7,15H2,1H3,(H,16,18)(H,17,19)(H,20,21).